The maximum absolute atomic E-state index is 13.9. The highest BCUT2D eigenvalue weighted by Crippen LogP contribution is 2.50. The fraction of sp³-hybridized carbons (Fsp3) is 0.438. The summed E-state index contributed by atoms with van der Waals surface area (Å²) in [5.41, 5.74) is -1.69. The summed E-state index contributed by atoms with van der Waals surface area (Å²) in [7, 11) is 0. The van der Waals surface area contributed by atoms with Gasteiger partial charge in [-0.25, -0.2) is 4.79 Å². The molecule has 224 valence electrons. The lowest BCUT2D eigenvalue weighted by Crippen LogP contribution is -2.67. The summed E-state index contributed by atoms with van der Waals surface area (Å²) in [4.78, 5) is 58.2. The standard InChI is InChI=1S/C32H40N4O6/c1-7-24(37)36-18-17-32(28(39)40,20-13-9-8-10-14-20)25(22-19-33-23-16-12-11-15-21(22)23)26(36)34-27(38)31(5,6)35-29(41)42-30(2,3)4/h8-16,19,25-26,33H,7,17-18H2,1-6H3,(H,34,38)(H,35,41)(H,39,40). The van der Waals surface area contributed by atoms with Crippen LogP contribution in [0.25, 0.3) is 10.9 Å². The average molecular weight is 577 g/mol. The highest BCUT2D eigenvalue weighted by Gasteiger charge is 2.57. The Balaban J connectivity index is 1.88. The third-order valence-electron chi connectivity index (χ3n) is 7.84. The van der Waals surface area contributed by atoms with Gasteiger partial charge in [-0.05, 0) is 58.2 Å². The molecule has 1 aliphatic heterocycles. The molecule has 42 heavy (non-hydrogen) atoms. The van der Waals surface area contributed by atoms with Crippen LogP contribution in [-0.4, -0.2) is 62.7 Å². The number of benzene rings is 2. The van der Waals surface area contributed by atoms with E-state index >= 15 is 0 Å². The summed E-state index contributed by atoms with van der Waals surface area (Å²) in [5, 5.41) is 17.4. The largest absolute Gasteiger partial charge is 0.481 e. The molecule has 0 bridgehead atoms. The van der Waals surface area contributed by atoms with E-state index in [1.807, 2.05) is 30.3 Å². The van der Waals surface area contributed by atoms with Gasteiger partial charge in [-0.3, -0.25) is 14.4 Å². The quantitative estimate of drug-likeness (QED) is 0.322. The van der Waals surface area contributed by atoms with Crippen LogP contribution in [0.5, 0.6) is 0 Å². The Bertz CT molecular complexity index is 1470. The first-order valence-electron chi connectivity index (χ1n) is 14.2. The predicted molar refractivity (Wildman–Crippen MR) is 159 cm³/mol. The number of nitrogens with one attached hydrogen (secondary N) is 3. The smallest absolute Gasteiger partial charge is 0.408 e. The van der Waals surface area contributed by atoms with Crippen molar-refractivity contribution in [1.29, 1.82) is 0 Å². The Morgan fingerprint density at radius 1 is 1.02 bits per heavy atom. The summed E-state index contributed by atoms with van der Waals surface area (Å²) >= 11 is 0. The van der Waals surface area contributed by atoms with Crippen molar-refractivity contribution in [3.05, 3.63) is 71.9 Å². The van der Waals surface area contributed by atoms with Gasteiger partial charge in [0.15, 0.2) is 0 Å². The second-order valence-electron chi connectivity index (χ2n) is 12.3. The van der Waals surface area contributed by atoms with Crippen molar-refractivity contribution in [1.82, 2.24) is 20.5 Å². The van der Waals surface area contributed by atoms with Crippen molar-refractivity contribution in [2.75, 3.05) is 6.54 Å². The minimum absolute atomic E-state index is 0.109. The molecule has 0 saturated carbocycles. The van der Waals surface area contributed by atoms with E-state index in [1.54, 1.807) is 63.1 Å². The van der Waals surface area contributed by atoms with Gasteiger partial charge in [0.05, 0.1) is 0 Å². The number of hydrogen-bond donors (Lipinski definition) is 4. The number of aromatic nitrogens is 1. The molecular formula is C32H40N4O6. The van der Waals surface area contributed by atoms with E-state index in [4.69, 9.17) is 4.74 Å². The topological polar surface area (TPSA) is 141 Å². The first kappa shape index (κ1) is 30.6. The number of likely N-dealkylation sites (tertiary alicyclic amines) is 1. The third kappa shape index (κ3) is 5.84. The van der Waals surface area contributed by atoms with E-state index in [1.165, 1.54) is 13.8 Å². The first-order valence-corrected chi connectivity index (χ1v) is 14.2. The van der Waals surface area contributed by atoms with Gasteiger partial charge in [0.25, 0.3) is 0 Å². The van der Waals surface area contributed by atoms with Gasteiger partial charge >= 0.3 is 12.1 Å². The van der Waals surface area contributed by atoms with E-state index in [0.717, 1.165) is 10.9 Å². The van der Waals surface area contributed by atoms with Crippen LogP contribution >= 0.6 is 0 Å². The Morgan fingerprint density at radius 3 is 2.29 bits per heavy atom. The van der Waals surface area contributed by atoms with E-state index in [-0.39, 0.29) is 25.3 Å². The summed E-state index contributed by atoms with van der Waals surface area (Å²) in [6, 6.07) is 16.5. The molecule has 10 heteroatoms. The number of alkyl carbamates (subject to hydrolysis) is 1. The minimum Gasteiger partial charge on any atom is -0.481 e. The van der Waals surface area contributed by atoms with Crippen molar-refractivity contribution in [3.63, 3.8) is 0 Å². The van der Waals surface area contributed by atoms with Gasteiger partial charge < -0.3 is 30.4 Å². The fourth-order valence-corrected chi connectivity index (χ4v) is 5.82. The minimum atomic E-state index is -1.49. The zero-order chi connectivity index (χ0) is 30.9. The van der Waals surface area contributed by atoms with Crippen LogP contribution in [-0.2, 0) is 24.5 Å². The number of aliphatic carboxylic acids is 1. The van der Waals surface area contributed by atoms with Gasteiger partial charge in [0.2, 0.25) is 11.8 Å². The maximum Gasteiger partial charge on any atom is 0.408 e. The summed E-state index contributed by atoms with van der Waals surface area (Å²) in [6.07, 6.45) is 0.240. The molecule has 3 amide bonds. The van der Waals surface area contributed by atoms with Crippen molar-refractivity contribution in [2.45, 2.75) is 83.0 Å². The number of carboxylic acid groups (broad SMARTS) is 1. The lowest BCUT2D eigenvalue weighted by Gasteiger charge is -2.51. The number of carboxylic acids is 1. The molecule has 1 saturated heterocycles. The van der Waals surface area contributed by atoms with E-state index < -0.39 is 46.6 Å². The van der Waals surface area contributed by atoms with E-state index in [9.17, 15) is 24.3 Å². The van der Waals surface area contributed by atoms with Crippen molar-refractivity contribution >= 4 is 34.8 Å². The molecule has 0 spiro atoms. The van der Waals surface area contributed by atoms with Crippen LogP contribution in [0, 0.1) is 0 Å². The molecule has 4 rings (SSSR count). The molecule has 3 unspecified atom stereocenters. The van der Waals surface area contributed by atoms with E-state index in [2.05, 4.69) is 15.6 Å². The zero-order valence-electron chi connectivity index (χ0n) is 25.0. The van der Waals surface area contributed by atoms with Crippen LogP contribution < -0.4 is 10.6 Å². The number of nitrogens with zero attached hydrogens (tertiary/aromatic N) is 1. The lowest BCUT2D eigenvalue weighted by atomic mass is 9.62. The lowest BCUT2D eigenvalue weighted by molar-refractivity contribution is -0.154. The molecule has 1 aromatic heterocycles. The van der Waals surface area contributed by atoms with Crippen LogP contribution in [0.15, 0.2) is 60.8 Å². The summed E-state index contributed by atoms with van der Waals surface area (Å²) in [6.45, 7) is 10.1. The van der Waals surface area contributed by atoms with Gasteiger partial charge in [0.1, 0.15) is 22.7 Å². The SMILES string of the molecule is CCC(=O)N1CCC(C(=O)O)(c2ccccc2)C(c2c[nH]c3ccccc23)C1NC(=O)C(C)(C)NC(=O)OC(C)(C)C. The molecule has 2 heterocycles. The number of fused-ring (bicyclic) bond motifs is 1. The van der Waals surface area contributed by atoms with Crippen LogP contribution in [0.2, 0.25) is 0 Å². The normalized spacial score (nSPS) is 21.0. The number of carbonyl (C=O) groups excluding carboxylic acids is 3. The number of aromatic amines is 1. The van der Waals surface area contributed by atoms with E-state index in [0.29, 0.717) is 11.1 Å². The summed E-state index contributed by atoms with van der Waals surface area (Å²) < 4.78 is 5.36. The number of amides is 3. The number of hydrogen-bond acceptors (Lipinski definition) is 5. The number of rotatable bonds is 7. The van der Waals surface area contributed by atoms with Gasteiger partial charge in [-0.15, -0.1) is 0 Å². The monoisotopic (exact) mass is 576 g/mol. The maximum atomic E-state index is 13.9. The van der Waals surface area contributed by atoms with Crippen LogP contribution in [0.3, 0.4) is 0 Å². The molecule has 1 fully saturated rings. The van der Waals surface area contributed by atoms with Crippen molar-refractivity contribution < 1.29 is 29.0 Å². The molecular weight excluding hydrogens is 536 g/mol. The molecule has 3 aromatic rings. The van der Waals surface area contributed by atoms with Crippen LogP contribution in [0.4, 0.5) is 4.79 Å². The second kappa shape index (κ2) is 11.5. The molecule has 10 nitrogen and oxygen atoms in total. The third-order valence-corrected chi connectivity index (χ3v) is 7.84. The number of piperidine rings is 1. The number of H-pyrrole nitrogens is 1. The molecule has 0 aliphatic carbocycles. The molecule has 0 radical (unpaired) electrons. The van der Waals surface area contributed by atoms with Crippen molar-refractivity contribution in [2.24, 2.45) is 0 Å². The van der Waals surface area contributed by atoms with Crippen LogP contribution in [0.1, 0.15) is 71.4 Å². The second-order valence-corrected chi connectivity index (χ2v) is 12.3. The Morgan fingerprint density at radius 2 is 1.67 bits per heavy atom. The average Bonchev–Trinajstić information content (AvgIpc) is 3.35. The van der Waals surface area contributed by atoms with Crippen molar-refractivity contribution in [3.8, 4) is 0 Å². The number of para-hydroxylation sites is 1. The predicted octanol–water partition coefficient (Wildman–Crippen LogP) is 4.66. The Labute approximate surface area is 245 Å². The number of carbonyl (C=O) groups is 4. The summed E-state index contributed by atoms with van der Waals surface area (Å²) in [5.74, 6) is -2.77. The van der Waals surface area contributed by atoms with Gasteiger partial charge in [-0.2, -0.15) is 0 Å². The Hall–Kier alpha value is -4.34. The fourth-order valence-electron chi connectivity index (χ4n) is 5.82. The Kier molecular flexibility index (Phi) is 8.39. The molecule has 3 atom stereocenters. The first-order chi connectivity index (χ1) is 19.7. The highest BCUT2D eigenvalue weighted by molar-refractivity contribution is 5.92. The number of ether oxygens (including phenoxy) is 1. The molecule has 4 N–H and O–H groups in total. The zero-order valence-corrected chi connectivity index (χ0v) is 25.0. The highest BCUT2D eigenvalue weighted by atomic mass is 16.6. The molecule has 2 aromatic carbocycles. The van der Waals surface area contributed by atoms with Gasteiger partial charge in [0, 0.05) is 36.0 Å². The van der Waals surface area contributed by atoms with Gasteiger partial charge in [-0.1, -0.05) is 55.5 Å². The molecule has 1 aliphatic rings.